The Hall–Kier alpha value is -1.65. The van der Waals surface area contributed by atoms with E-state index in [9.17, 15) is 4.79 Å². The topological polar surface area (TPSA) is 58.1 Å². The number of carbonyl (C=O) groups excluding carboxylic acids is 1. The lowest BCUT2D eigenvalue weighted by Crippen LogP contribution is -2.34. The van der Waals surface area contributed by atoms with E-state index >= 15 is 0 Å². The van der Waals surface area contributed by atoms with E-state index in [1.54, 1.807) is 18.6 Å². The van der Waals surface area contributed by atoms with Crippen LogP contribution in [0.2, 0.25) is 0 Å². The minimum Gasteiger partial charge on any atom is -0.351 e. The predicted molar refractivity (Wildman–Crippen MR) is 54.3 cm³/mol. The third-order valence-electron chi connectivity index (χ3n) is 3.13. The molecule has 0 unspecified atom stereocenters. The van der Waals surface area contributed by atoms with Gasteiger partial charge in [-0.2, -0.15) is 0 Å². The van der Waals surface area contributed by atoms with Crippen LogP contribution in [0.25, 0.3) is 0 Å². The van der Waals surface area contributed by atoms with Crippen molar-refractivity contribution in [1.29, 1.82) is 0 Å². The lowest BCUT2D eigenvalue weighted by atomic mass is 10.1. The number of amides is 1. The summed E-state index contributed by atoms with van der Waals surface area (Å²) in [6.07, 6.45) is 6.70. The number of rotatable bonds is 1. The summed E-state index contributed by atoms with van der Waals surface area (Å²) in [7, 11) is 0. The number of nitrogens with zero attached hydrogens (tertiary/aromatic N) is 3. The van der Waals surface area contributed by atoms with Gasteiger partial charge in [-0.15, -0.1) is 0 Å². The molecule has 2 aliphatic heterocycles. The zero-order valence-corrected chi connectivity index (χ0v) is 8.26. The van der Waals surface area contributed by atoms with E-state index in [1.165, 1.54) is 0 Å². The van der Waals surface area contributed by atoms with Gasteiger partial charge in [0.2, 0.25) is 5.91 Å². The number of hydrogen-bond acceptors (Lipinski definition) is 4. The fraction of sp³-hybridized carbons (Fsp3) is 0.500. The lowest BCUT2D eigenvalue weighted by Gasteiger charge is -2.22. The normalized spacial score (nSPS) is 29.1. The molecule has 3 heterocycles. The zero-order valence-electron chi connectivity index (χ0n) is 8.26. The maximum atomic E-state index is 11.3. The number of aromatic nitrogens is 2. The summed E-state index contributed by atoms with van der Waals surface area (Å²) in [5.74, 6) is 1.03. The van der Waals surface area contributed by atoms with Crippen LogP contribution in [0, 0.1) is 0 Å². The van der Waals surface area contributed by atoms with Crippen LogP contribution in [-0.2, 0) is 4.79 Å². The Morgan fingerprint density at radius 1 is 1.47 bits per heavy atom. The van der Waals surface area contributed by atoms with Crippen molar-refractivity contribution < 1.29 is 4.79 Å². The average molecular weight is 204 g/mol. The molecule has 1 aromatic heterocycles. The molecule has 0 aliphatic carbocycles. The van der Waals surface area contributed by atoms with E-state index in [4.69, 9.17) is 0 Å². The molecule has 78 valence electrons. The second-order valence-electron chi connectivity index (χ2n) is 3.99. The van der Waals surface area contributed by atoms with Gasteiger partial charge in [0.15, 0.2) is 0 Å². The van der Waals surface area contributed by atoms with Crippen LogP contribution in [0.4, 0.5) is 5.82 Å². The summed E-state index contributed by atoms with van der Waals surface area (Å²) in [5, 5.41) is 2.99. The third-order valence-corrected chi connectivity index (χ3v) is 3.13. The first-order valence-electron chi connectivity index (χ1n) is 5.16. The summed E-state index contributed by atoms with van der Waals surface area (Å²) >= 11 is 0. The number of carbonyl (C=O) groups is 1. The number of nitrogens with one attached hydrogen (secondary N) is 1. The van der Waals surface area contributed by atoms with Crippen LogP contribution < -0.4 is 10.2 Å². The number of anilines is 1. The van der Waals surface area contributed by atoms with Gasteiger partial charge < -0.3 is 10.2 Å². The predicted octanol–water partition coefficient (Wildman–Crippen LogP) is -0.0562. The molecule has 2 aliphatic rings. The second-order valence-corrected chi connectivity index (χ2v) is 3.99. The van der Waals surface area contributed by atoms with Gasteiger partial charge in [-0.05, 0) is 6.42 Å². The van der Waals surface area contributed by atoms with E-state index in [-0.39, 0.29) is 11.9 Å². The molecular formula is C10H12N4O. The molecule has 1 N–H and O–H groups in total. The number of hydrogen-bond donors (Lipinski definition) is 1. The van der Waals surface area contributed by atoms with Crippen molar-refractivity contribution in [3.05, 3.63) is 18.6 Å². The van der Waals surface area contributed by atoms with Crippen molar-refractivity contribution in [3.63, 3.8) is 0 Å². The highest BCUT2D eigenvalue weighted by Gasteiger charge is 2.41. The second kappa shape index (κ2) is 3.18. The first-order chi connectivity index (χ1) is 7.34. The molecule has 0 saturated carbocycles. The Labute approximate surface area is 87.5 Å². The smallest absolute Gasteiger partial charge is 0.222 e. The molecule has 0 spiro atoms. The first-order valence-corrected chi connectivity index (χ1v) is 5.16. The molecule has 1 amide bonds. The SMILES string of the molecule is O=C1C[C@@H]2[C@@H](CCN2c2cnccn2)N1. The number of fused-ring (bicyclic) bond motifs is 1. The molecule has 5 heteroatoms. The van der Waals surface area contributed by atoms with Gasteiger partial charge in [-0.1, -0.05) is 0 Å². The van der Waals surface area contributed by atoms with E-state index in [0.717, 1.165) is 18.8 Å². The standard InChI is InChI=1S/C10H12N4O/c15-10-5-8-7(13-10)1-4-14(8)9-6-11-2-3-12-9/h2-3,6-8H,1,4-5H2,(H,13,15)/t7-,8-/m1/s1. The Kier molecular flexibility index (Phi) is 1.83. The van der Waals surface area contributed by atoms with Crippen LogP contribution in [0.3, 0.4) is 0 Å². The van der Waals surface area contributed by atoms with Gasteiger partial charge in [0, 0.05) is 25.4 Å². The molecule has 1 aromatic rings. The Morgan fingerprint density at radius 2 is 2.40 bits per heavy atom. The van der Waals surface area contributed by atoms with E-state index in [2.05, 4.69) is 20.2 Å². The van der Waals surface area contributed by atoms with Crippen LogP contribution >= 0.6 is 0 Å². The molecule has 3 rings (SSSR count). The monoisotopic (exact) mass is 204 g/mol. The quantitative estimate of drug-likeness (QED) is 0.696. The summed E-state index contributed by atoms with van der Waals surface area (Å²) in [6.45, 7) is 0.953. The summed E-state index contributed by atoms with van der Waals surface area (Å²) < 4.78 is 0. The maximum Gasteiger partial charge on any atom is 0.222 e. The average Bonchev–Trinajstić information content (AvgIpc) is 2.77. The molecule has 15 heavy (non-hydrogen) atoms. The van der Waals surface area contributed by atoms with Gasteiger partial charge in [-0.3, -0.25) is 9.78 Å². The summed E-state index contributed by atoms with van der Waals surface area (Å²) in [4.78, 5) is 21.8. The minimum atomic E-state index is 0.151. The third kappa shape index (κ3) is 1.35. The highest BCUT2D eigenvalue weighted by Crippen LogP contribution is 2.28. The molecule has 0 radical (unpaired) electrons. The Morgan fingerprint density at radius 3 is 3.20 bits per heavy atom. The molecular weight excluding hydrogens is 192 g/mol. The molecule has 2 fully saturated rings. The molecule has 2 atom stereocenters. The van der Waals surface area contributed by atoms with Crippen LogP contribution in [0.1, 0.15) is 12.8 Å². The minimum absolute atomic E-state index is 0.151. The van der Waals surface area contributed by atoms with E-state index < -0.39 is 0 Å². The molecule has 0 bridgehead atoms. The van der Waals surface area contributed by atoms with Gasteiger partial charge in [0.1, 0.15) is 5.82 Å². The van der Waals surface area contributed by atoms with Crippen LogP contribution in [0.5, 0.6) is 0 Å². The van der Waals surface area contributed by atoms with Crippen molar-refractivity contribution in [2.75, 3.05) is 11.4 Å². The van der Waals surface area contributed by atoms with Gasteiger partial charge in [0.25, 0.3) is 0 Å². The van der Waals surface area contributed by atoms with Gasteiger partial charge in [0.05, 0.1) is 18.3 Å². The summed E-state index contributed by atoms with van der Waals surface area (Å²) in [6, 6.07) is 0.578. The molecule has 2 saturated heterocycles. The highest BCUT2D eigenvalue weighted by molar-refractivity contribution is 5.81. The summed E-state index contributed by atoms with van der Waals surface area (Å²) in [5.41, 5.74) is 0. The fourth-order valence-corrected chi connectivity index (χ4v) is 2.45. The van der Waals surface area contributed by atoms with Crippen LogP contribution in [-0.4, -0.2) is 34.5 Å². The van der Waals surface area contributed by atoms with Crippen molar-refractivity contribution >= 4 is 11.7 Å². The molecule has 5 nitrogen and oxygen atoms in total. The van der Waals surface area contributed by atoms with Crippen molar-refractivity contribution in [3.8, 4) is 0 Å². The maximum absolute atomic E-state index is 11.3. The Balaban J connectivity index is 1.87. The fourth-order valence-electron chi connectivity index (χ4n) is 2.45. The largest absolute Gasteiger partial charge is 0.351 e. The molecule has 0 aromatic carbocycles. The van der Waals surface area contributed by atoms with E-state index in [0.29, 0.717) is 12.5 Å². The Bertz CT molecular complexity index is 380. The van der Waals surface area contributed by atoms with Crippen molar-refractivity contribution in [2.24, 2.45) is 0 Å². The highest BCUT2D eigenvalue weighted by atomic mass is 16.2. The first kappa shape index (κ1) is 8.64. The van der Waals surface area contributed by atoms with Crippen molar-refractivity contribution in [2.45, 2.75) is 24.9 Å². The van der Waals surface area contributed by atoms with Gasteiger partial charge >= 0.3 is 0 Å². The van der Waals surface area contributed by atoms with Crippen LogP contribution in [0.15, 0.2) is 18.6 Å². The zero-order chi connectivity index (χ0) is 10.3. The van der Waals surface area contributed by atoms with Gasteiger partial charge in [-0.25, -0.2) is 4.98 Å². The lowest BCUT2D eigenvalue weighted by molar-refractivity contribution is -0.119. The van der Waals surface area contributed by atoms with Crippen molar-refractivity contribution in [1.82, 2.24) is 15.3 Å². The van der Waals surface area contributed by atoms with E-state index in [1.807, 2.05) is 0 Å².